The van der Waals surface area contributed by atoms with E-state index >= 15 is 0 Å². The van der Waals surface area contributed by atoms with Crippen LogP contribution in [0.3, 0.4) is 0 Å². The summed E-state index contributed by atoms with van der Waals surface area (Å²) in [5, 5.41) is 0.0794. The second kappa shape index (κ2) is 7.68. The predicted molar refractivity (Wildman–Crippen MR) is 64.4 cm³/mol. The van der Waals surface area contributed by atoms with E-state index in [4.69, 9.17) is 9.47 Å². The summed E-state index contributed by atoms with van der Waals surface area (Å²) < 4.78 is 10.3. The molecule has 0 aliphatic heterocycles. The summed E-state index contributed by atoms with van der Waals surface area (Å²) in [7, 11) is 0. The molecule has 0 aromatic carbocycles. The summed E-state index contributed by atoms with van der Waals surface area (Å²) in [5.41, 5.74) is -0.443. The first-order valence-electron chi connectivity index (χ1n) is 5.24. The molecule has 0 radical (unpaired) electrons. The maximum Gasteiger partial charge on any atom is 0.308 e. The Morgan fingerprint density at radius 3 is 2.31 bits per heavy atom. The highest BCUT2D eigenvalue weighted by Crippen LogP contribution is 2.08. The maximum absolute atomic E-state index is 11.2. The number of rotatable bonds is 6. The van der Waals surface area contributed by atoms with E-state index in [0.717, 1.165) is 0 Å². The molecular weight excluding hydrogens is 228 g/mol. The van der Waals surface area contributed by atoms with Crippen molar-refractivity contribution in [3.05, 3.63) is 0 Å². The topological polar surface area (TPSA) is 52.6 Å². The van der Waals surface area contributed by atoms with Crippen molar-refractivity contribution in [2.45, 2.75) is 39.7 Å². The van der Waals surface area contributed by atoms with E-state index in [0.29, 0.717) is 19.0 Å². The molecule has 0 spiro atoms. The Balaban J connectivity index is 3.38. The van der Waals surface area contributed by atoms with Crippen LogP contribution in [-0.2, 0) is 19.1 Å². The zero-order chi connectivity index (χ0) is 12.6. The lowest BCUT2D eigenvalue weighted by molar-refractivity contribution is -0.155. The molecule has 0 rings (SSSR count). The molecule has 0 bridgehead atoms. The van der Waals surface area contributed by atoms with Gasteiger partial charge >= 0.3 is 5.97 Å². The van der Waals surface area contributed by atoms with E-state index in [1.165, 1.54) is 18.7 Å². The third-order valence-electron chi connectivity index (χ3n) is 1.40. The number of carbonyl (C=O) groups excluding carboxylic acids is 2. The van der Waals surface area contributed by atoms with E-state index in [-0.39, 0.29) is 17.5 Å². The number of ether oxygens (including phenoxy) is 2. The Hall–Kier alpha value is -0.550. The van der Waals surface area contributed by atoms with Gasteiger partial charge in [0.05, 0.1) is 19.6 Å². The maximum atomic E-state index is 11.2. The fourth-order valence-corrected chi connectivity index (χ4v) is 1.38. The quantitative estimate of drug-likeness (QED) is 0.531. The molecule has 4 nitrogen and oxygen atoms in total. The van der Waals surface area contributed by atoms with Gasteiger partial charge in [-0.3, -0.25) is 9.59 Å². The zero-order valence-electron chi connectivity index (χ0n) is 10.4. The van der Waals surface area contributed by atoms with Gasteiger partial charge in [-0.25, -0.2) is 0 Å². The summed E-state index contributed by atoms with van der Waals surface area (Å²) in [5.74, 6) is 0.371. The molecule has 0 atom stereocenters. The van der Waals surface area contributed by atoms with Gasteiger partial charge in [-0.1, -0.05) is 11.8 Å². The average Bonchev–Trinajstić information content (AvgIpc) is 2.07. The Morgan fingerprint density at radius 1 is 1.19 bits per heavy atom. The van der Waals surface area contributed by atoms with Crippen LogP contribution in [0.5, 0.6) is 0 Å². The number of hydrogen-bond donors (Lipinski definition) is 0. The van der Waals surface area contributed by atoms with Crippen LogP contribution in [0.15, 0.2) is 0 Å². The van der Waals surface area contributed by atoms with Crippen LogP contribution in [0.4, 0.5) is 0 Å². The van der Waals surface area contributed by atoms with E-state index < -0.39 is 5.60 Å². The molecule has 0 aromatic heterocycles. The Morgan fingerprint density at radius 2 is 1.81 bits per heavy atom. The Kier molecular flexibility index (Phi) is 7.42. The van der Waals surface area contributed by atoms with Gasteiger partial charge in [0.1, 0.15) is 5.60 Å². The lowest BCUT2D eigenvalue weighted by Crippen LogP contribution is -2.24. The minimum atomic E-state index is -0.443. The van der Waals surface area contributed by atoms with Gasteiger partial charge in [-0.15, -0.1) is 0 Å². The van der Waals surface area contributed by atoms with E-state index in [2.05, 4.69) is 0 Å². The first kappa shape index (κ1) is 15.4. The number of esters is 1. The molecular formula is C11H20O4S. The third-order valence-corrected chi connectivity index (χ3v) is 2.18. The first-order valence-corrected chi connectivity index (χ1v) is 6.23. The molecule has 0 N–H and O–H groups in total. The number of carbonyl (C=O) groups is 2. The molecule has 0 saturated heterocycles. The van der Waals surface area contributed by atoms with Gasteiger partial charge in [0.25, 0.3) is 0 Å². The summed E-state index contributed by atoms with van der Waals surface area (Å²) in [6.45, 7) is 7.82. The van der Waals surface area contributed by atoms with Gasteiger partial charge < -0.3 is 9.47 Å². The smallest absolute Gasteiger partial charge is 0.308 e. The zero-order valence-corrected chi connectivity index (χ0v) is 11.2. The van der Waals surface area contributed by atoms with Crippen molar-refractivity contribution in [2.75, 3.05) is 19.0 Å². The van der Waals surface area contributed by atoms with Crippen LogP contribution in [0, 0.1) is 0 Å². The molecule has 0 fully saturated rings. The monoisotopic (exact) mass is 248 g/mol. The van der Waals surface area contributed by atoms with E-state index in [1.54, 1.807) is 0 Å². The third kappa shape index (κ3) is 11.5. The molecule has 0 unspecified atom stereocenters. The van der Waals surface area contributed by atoms with Crippen molar-refractivity contribution in [1.29, 1.82) is 0 Å². The van der Waals surface area contributed by atoms with Crippen molar-refractivity contribution in [3.63, 3.8) is 0 Å². The largest absolute Gasteiger partial charge is 0.460 e. The SMILES string of the molecule is CC(=O)SCCOCCC(=O)OC(C)(C)C. The summed E-state index contributed by atoms with van der Waals surface area (Å²) in [6.07, 6.45) is 0.252. The van der Waals surface area contributed by atoms with Gasteiger partial charge in [0.15, 0.2) is 5.12 Å². The van der Waals surface area contributed by atoms with Gasteiger partial charge in [-0.2, -0.15) is 0 Å². The van der Waals surface area contributed by atoms with Gasteiger partial charge in [0, 0.05) is 12.7 Å². The van der Waals surface area contributed by atoms with Crippen molar-refractivity contribution in [2.24, 2.45) is 0 Å². The normalized spacial score (nSPS) is 11.2. The fraction of sp³-hybridized carbons (Fsp3) is 0.818. The van der Waals surface area contributed by atoms with Crippen LogP contribution in [0.2, 0.25) is 0 Å². The molecule has 5 heteroatoms. The van der Waals surface area contributed by atoms with Crippen molar-refractivity contribution < 1.29 is 19.1 Å². The molecule has 0 aromatic rings. The fourth-order valence-electron chi connectivity index (χ4n) is 0.894. The van der Waals surface area contributed by atoms with Crippen LogP contribution < -0.4 is 0 Å². The molecule has 0 saturated carbocycles. The number of hydrogen-bond acceptors (Lipinski definition) is 5. The van der Waals surface area contributed by atoms with E-state index in [9.17, 15) is 9.59 Å². The van der Waals surface area contributed by atoms with Crippen molar-refractivity contribution in [1.82, 2.24) is 0 Å². The van der Waals surface area contributed by atoms with Gasteiger partial charge in [-0.05, 0) is 20.8 Å². The lowest BCUT2D eigenvalue weighted by Gasteiger charge is -2.19. The summed E-state index contributed by atoms with van der Waals surface area (Å²) >= 11 is 1.22. The van der Waals surface area contributed by atoms with Crippen LogP contribution in [0.25, 0.3) is 0 Å². The molecule has 0 aliphatic carbocycles. The molecule has 0 amide bonds. The molecule has 0 heterocycles. The van der Waals surface area contributed by atoms with Crippen molar-refractivity contribution >= 4 is 22.8 Å². The minimum absolute atomic E-state index is 0.0794. The summed E-state index contributed by atoms with van der Waals surface area (Å²) in [4.78, 5) is 21.8. The predicted octanol–water partition coefficient (Wildman–Crippen LogP) is 2.01. The first-order chi connectivity index (χ1) is 7.31. The second-order valence-corrected chi connectivity index (χ2v) is 5.56. The molecule has 0 aliphatic rings. The highest BCUT2D eigenvalue weighted by molar-refractivity contribution is 8.13. The minimum Gasteiger partial charge on any atom is -0.460 e. The standard InChI is InChI=1S/C11H20O4S/c1-9(12)16-8-7-14-6-5-10(13)15-11(2,3)4/h5-8H2,1-4H3. The number of thioether (sulfide) groups is 1. The highest BCUT2D eigenvalue weighted by atomic mass is 32.2. The van der Waals surface area contributed by atoms with Crippen molar-refractivity contribution in [3.8, 4) is 0 Å². The average molecular weight is 248 g/mol. The second-order valence-electron chi connectivity index (χ2n) is 4.29. The Labute approximate surface area is 101 Å². The molecule has 16 heavy (non-hydrogen) atoms. The lowest BCUT2D eigenvalue weighted by atomic mass is 10.2. The van der Waals surface area contributed by atoms with Gasteiger partial charge in [0.2, 0.25) is 0 Å². The van der Waals surface area contributed by atoms with E-state index in [1.807, 2.05) is 20.8 Å². The van der Waals surface area contributed by atoms with Crippen LogP contribution in [-0.4, -0.2) is 35.7 Å². The Bertz CT molecular complexity index is 233. The van der Waals surface area contributed by atoms with Crippen LogP contribution in [0.1, 0.15) is 34.1 Å². The highest BCUT2D eigenvalue weighted by Gasteiger charge is 2.15. The summed E-state index contributed by atoms with van der Waals surface area (Å²) in [6, 6.07) is 0. The van der Waals surface area contributed by atoms with Crippen LogP contribution >= 0.6 is 11.8 Å². The molecule has 94 valence electrons.